The van der Waals surface area contributed by atoms with Gasteiger partial charge in [-0.1, -0.05) is 23.3 Å². The lowest BCUT2D eigenvalue weighted by Crippen LogP contribution is -2.53. The maximum absolute atomic E-state index is 5.77. The molecule has 6 heteroatoms. The summed E-state index contributed by atoms with van der Waals surface area (Å²) in [5.74, 6) is 0.497. The van der Waals surface area contributed by atoms with Crippen molar-refractivity contribution in [3.05, 3.63) is 24.3 Å². The van der Waals surface area contributed by atoms with Crippen LogP contribution in [-0.2, 0) is 4.84 Å². The minimum absolute atomic E-state index is 0.497. The lowest BCUT2D eigenvalue weighted by Gasteiger charge is -2.32. The van der Waals surface area contributed by atoms with E-state index in [-0.39, 0.29) is 0 Å². The van der Waals surface area contributed by atoms with Crippen LogP contribution in [0.1, 0.15) is 6.92 Å². The van der Waals surface area contributed by atoms with E-state index < -0.39 is 0 Å². The molecule has 0 unspecified atom stereocenters. The van der Waals surface area contributed by atoms with E-state index in [1.165, 1.54) is 0 Å². The molecular weight excluding hydrogens is 203 g/mol. The molecular formula is C10H17BN4O. The predicted molar refractivity (Wildman–Crippen MR) is 69.1 cm³/mol. The van der Waals surface area contributed by atoms with E-state index in [4.69, 9.17) is 10.6 Å². The highest BCUT2D eigenvalue weighted by molar-refractivity contribution is 6.23. The van der Waals surface area contributed by atoms with Gasteiger partial charge in [0.2, 0.25) is 0 Å². The van der Waals surface area contributed by atoms with Crippen molar-refractivity contribution in [2.45, 2.75) is 6.92 Å². The molecule has 1 heterocycles. The van der Waals surface area contributed by atoms with Gasteiger partial charge in [0.15, 0.2) is 5.96 Å². The molecule has 86 valence electrons. The van der Waals surface area contributed by atoms with Crippen LogP contribution >= 0.6 is 0 Å². The number of hydrogen-bond acceptors (Lipinski definition) is 3. The molecule has 0 aromatic rings. The first-order valence-corrected chi connectivity index (χ1v) is 5.22. The lowest BCUT2D eigenvalue weighted by molar-refractivity contribution is 0.154. The van der Waals surface area contributed by atoms with Crippen LogP contribution in [0.3, 0.4) is 0 Å². The molecule has 5 nitrogen and oxygen atoms in total. The minimum atomic E-state index is 0.497. The zero-order valence-corrected chi connectivity index (χ0v) is 9.81. The molecule has 1 fully saturated rings. The maximum atomic E-state index is 5.77. The second-order valence-corrected chi connectivity index (χ2v) is 3.50. The second kappa shape index (κ2) is 6.00. The van der Waals surface area contributed by atoms with Crippen molar-refractivity contribution >= 4 is 19.5 Å². The average molecular weight is 220 g/mol. The van der Waals surface area contributed by atoms with Crippen LogP contribution in [0.5, 0.6) is 0 Å². The Bertz CT molecular complexity index is 341. The molecule has 0 radical (unpaired) electrons. The van der Waals surface area contributed by atoms with Gasteiger partial charge in [-0.05, 0) is 6.92 Å². The summed E-state index contributed by atoms with van der Waals surface area (Å²) in [5.41, 5.74) is 7.74. The molecule has 1 aliphatic heterocycles. The van der Waals surface area contributed by atoms with Crippen molar-refractivity contribution in [3.63, 3.8) is 0 Å². The fourth-order valence-corrected chi connectivity index (χ4v) is 1.07. The molecule has 0 spiro atoms. The monoisotopic (exact) mass is 220 g/mol. The Morgan fingerprint density at radius 2 is 2.38 bits per heavy atom. The Morgan fingerprint density at radius 3 is 2.94 bits per heavy atom. The van der Waals surface area contributed by atoms with E-state index in [1.807, 2.05) is 19.7 Å². The predicted octanol–water partition coefficient (Wildman–Crippen LogP) is -0.330. The third kappa shape index (κ3) is 3.45. The minimum Gasteiger partial charge on any atom is -0.396 e. The highest BCUT2D eigenvalue weighted by atomic mass is 16.6. The first-order valence-electron chi connectivity index (χ1n) is 5.22. The molecule has 0 atom stereocenters. The van der Waals surface area contributed by atoms with Crippen molar-refractivity contribution in [3.8, 4) is 0 Å². The molecule has 1 aliphatic rings. The van der Waals surface area contributed by atoms with Gasteiger partial charge in [0.1, 0.15) is 14.5 Å². The number of rotatable bonds is 4. The maximum Gasteiger partial charge on any atom is 0.196 e. The molecule has 16 heavy (non-hydrogen) atoms. The number of allylic oxidation sites excluding steroid dienone is 2. The van der Waals surface area contributed by atoms with Gasteiger partial charge in [-0.15, -0.1) is 0 Å². The normalized spacial score (nSPS) is 16.8. The fraction of sp³-hybridized carbons (Fsp3) is 0.400. The van der Waals surface area contributed by atoms with E-state index in [1.54, 1.807) is 12.3 Å². The molecule has 0 bridgehead atoms. The number of likely N-dealkylation sites (tertiary alicyclic amines) is 1. The average Bonchev–Trinajstić information content (AvgIpc) is 2.23. The Balaban J connectivity index is 2.42. The highest BCUT2D eigenvalue weighted by Gasteiger charge is 2.23. The summed E-state index contributed by atoms with van der Waals surface area (Å²) in [5, 5.41) is 3.92. The molecule has 2 N–H and O–H groups in total. The first kappa shape index (κ1) is 12.4. The number of oxime groups is 1. The molecule has 0 aliphatic carbocycles. The Labute approximate surface area is 96.7 Å². The molecule has 0 amide bonds. The van der Waals surface area contributed by atoms with Crippen LogP contribution in [0.4, 0.5) is 0 Å². The van der Waals surface area contributed by atoms with E-state index in [9.17, 15) is 0 Å². The summed E-state index contributed by atoms with van der Waals surface area (Å²) in [6.07, 6.45) is 3.43. The van der Waals surface area contributed by atoms with E-state index in [0.717, 1.165) is 11.2 Å². The molecule has 0 aromatic carbocycles. The van der Waals surface area contributed by atoms with E-state index in [2.05, 4.69) is 16.7 Å². The van der Waals surface area contributed by atoms with Crippen molar-refractivity contribution in [2.24, 2.45) is 15.9 Å². The van der Waals surface area contributed by atoms with Crippen LogP contribution in [-0.4, -0.2) is 44.1 Å². The first-order chi connectivity index (χ1) is 7.67. The highest BCUT2D eigenvalue weighted by Crippen LogP contribution is 2.04. The lowest BCUT2D eigenvalue weighted by atomic mass is 9.98. The molecule has 0 saturated carbocycles. The summed E-state index contributed by atoms with van der Waals surface area (Å²) in [4.78, 5) is 11.0. The number of hydrogen-bond donors (Lipinski definition) is 1. The number of nitrogens with zero attached hydrogens (tertiary/aromatic N) is 3. The standard InChI is InChI=1S/C10H17BN4O/c1-3-8(11)5-13-10(12)15-6-9(7-15)14-16-4-2/h3,5H,1,4,6-7,11H2,2H3,(H2,12,13)/b8-5+. The van der Waals surface area contributed by atoms with E-state index >= 15 is 0 Å². The second-order valence-electron chi connectivity index (χ2n) is 3.50. The van der Waals surface area contributed by atoms with Gasteiger partial charge in [-0.3, -0.25) is 0 Å². The van der Waals surface area contributed by atoms with Gasteiger partial charge in [0, 0.05) is 6.20 Å². The van der Waals surface area contributed by atoms with Crippen molar-refractivity contribution in [1.29, 1.82) is 0 Å². The topological polar surface area (TPSA) is 63.2 Å². The van der Waals surface area contributed by atoms with Crippen LogP contribution in [0, 0.1) is 0 Å². The SMILES string of the molecule is B/C(C=C)=C/N=C(\N)N1CC(=NOCC)C1. The van der Waals surface area contributed by atoms with Gasteiger partial charge in [-0.25, -0.2) is 4.99 Å². The molecule has 1 saturated heterocycles. The Kier molecular flexibility index (Phi) is 4.63. The largest absolute Gasteiger partial charge is 0.396 e. The number of guanidine groups is 1. The smallest absolute Gasteiger partial charge is 0.196 e. The number of nitrogens with two attached hydrogens (primary N) is 1. The van der Waals surface area contributed by atoms with Crippen LogP contribution in [0.25, 0.3) is 0 Å². The third-order valence-electron chi connectivity index (χ3n) is 2.12. The Hall–Kier alpha value is -1.72. The van der Waals surface area contributed by atoms with Crippen LogP contribution in [0.15, 0.2) is 34.5 Å². The van der Waals surface area contributed by atoms with E-state index in [0.29, 0.717) is 25.7 Å². The summed E-state index contributed by atoms with van der Waals surface area (Å²) < 4.78 is 0. The third-order valence-corrected chi connectivity index (χ3v) is 2.12. The van der Waals surface area contributed by atoms with Crippen molar-refractivity contribution < 1.29 is 4.84 Å². The summed E-state index contributed by atoms with van der Waals surface area (Å²) in [6.45, 7) is 7.51. The summed E-state index contributed by atoms with van der Waals surface area (Å²) in [7, 11) is 1.92. The van der Waals surface area contributed by atoms with Gasteiger partial charge < -0.3 is 15.5 Å². The Morgan fingerprint density at radius 1 is 1.69 bits per heavy atom. The van der Waals surface area contributed by atoms with Gasteiger partial charge >= 0.3 is 0 Å². The van der Waals surface area contributed by atoms with Crippen molar-refractivity contribution in [1.82, 2.24) is 4.90 Å². The fourth-order valence-electron chi connectivity index (χ4n) is 1.07. The quantitative estimate of drug-likeness (QED) is 0.232. The van der Waals surface area contributed by atoms with Crippen LogP contribution < -0.4 is 5.73 Å². The van der Waals surface area contributed by atoms with Gasteiger partial charge in [-0.2, -0.15) is 0 Å². The molecule has 1 rings (SSSR count). The molecule has 0 aromatic heterocycles. The summed E-state index contributed by atoms with van der Waals surface area (Å²) in [6, 6.07) is 0. The van der Waals surface area contributed by atoms with Crippen LogP contribution in [0.2, 0.25) is 0 Å². The van der Waals surface area contributed by atoms with Gasteiger partial charge in [0.25, 0.3) is 0 Å². The number of aliphatic imine (C=N–C) groups is 1. The van der Waals surface area contributed by atoms with Crippen molar-refractivity contribution in [2.75, 3.05) is 19.7 Å². The zero-order chi connectivity index (χ0) is 12.0. The summed E-state index contributed by atoms with van der Waals surface area (Å²) >= 11 is 0. The zero-order valence-electron chi connectivity index (χ0n) is 9.81. The van der Waals surface area contributed by atoms with Gasteiger partial charge in [0.05, 0.1) is 18.8 Å².